The number of aliphatic hydroxyl groups excluding tert-OH is 1. The van der Waals surface area contributed by atoms with E-state index in [2.05, 4.69) is 5.32 Å². The maximum Gasteiger partial charge on any atom is 0.253 e. The molecule has 2 aromatic rings. The van der Waals surface area contributed by atoms with E-state index in [0.717, 1.165) is 5.56 Å². The van der Waals surface area contributed by atoms with Crippen LogP contribution >= 0.6 is 0 Å². The Morgan fingerprint density at radius 3 is 2.52 bits per heavy atom. The first kappa shape index (κ1) is 18.6. The standard InChI is InChI=1S/C19H21FN2O3/c1-12-9-15(7-8-16(12)19(25)22(2)3)21-18(24)11-17(23)13-5-4-6-14(20)10-13/h4-10,17,23H,11H2,1-3H3,(H,21,24). The van der Waals surface area contributed by atoms with Gasteiger partial charge in [-0.15, -0.1) is 0 Å². The second kappa shape index (κ2) is 7.90. The van der Waals surface area contributed by atoms with Gasteiger partial charge in [-0.3, -0.25) is 9.59 Å². The normalized spacial score (nSPS) is 11.7. The molecule has 1 unspecified atom stereocenters. The highest BCUT2D eigenvalue weighted by atomic mass is 19.1. The summed E-state index contributed by atoms with van der Waals surface area (Å²) >= 11 is 0. The molecule has 0 aliphatic rings. The Bertz CT molecular complexity index is 790. The van der Waals surface area contributed by atoms with Gasteiger partial charge in [-0.25, -0.2) is 4.39 Å². The molecular formula is C19H21FN2O3. The van der Waals surface area contributed by atoms with E-state index in [1.165, 1.54) is 23.1 Å². The highest BCUT2D eigenvalue weighted by molar-refractivity contribution is 5.97. The van der Waals surface area contributed by atoms with Crippen molar-refractivity contribution in [3.05, 3.63) is 65.0 Å². The van der Waals surface area contributed by atoms with Crippen LogP contribution in [0.4, 0.5) is 10.1 Å². The van der Waals surface area contributed by atoms with Gasteiger partial charge in [0.25, 0.3) is 5.91 Å². The van der Waals surface area contributed by atoms with E-state index in [0.29, 0.717) is 16.8 Å². The number of nitrogens with zero attached hydrogens (tertiary/aromatic N) is 1. The smallest absolute Gasteiger partial charge is 0.253 e. The molecule has 2 N–H and O–H groups in total. The summed E-state index contributed by atoms with van der Waals surface area (Å²) in [5.74, 6) is -0.978. The number of halogens is 1. The zero-order valence-electron chi connectivity index (χ0n) is 14.4. The maximum absolute atomic E-state index is 13.2. The third-order valence-corrected chi connectivity index (χ3v) is 3.76. The van der Waals surface area contributed by atoms with Crippen LogP contribution < -0.4 is 5.32 Å². The molecule has 0 fully saturated rings. The quantitative estimate of drug-likeness (QED) is 0.876. The fraction of sp³-hybridized carbons (Fsp3) is 0.263. The van der Waals surface area contributed by atoms with Crippen molar-refractivity contribution >= 4 is 17.5 Å². The highest BCUT2D eigenvalue weighted by Crippen LogP contribution is 2.20. The average Bonchev–Trinajstić information content (AvgIpc) is 2.54. The molecule has 2 aromatic carbocycles. The predicted octanol–water partition coefficient (Wildman–Crippen LogP) is 2.90. The topological polar surface area (TPSA) is 69.6 Å². The maximum atomic E-state index is 13.2. The van der Waals surface area contributed by atoms with E-state index in [9.17, 15) is 19.1 Å². The molecule has 0 saturated carbocycles. The minimum atomic E-state index is -1.09. The largest absolute Gasteiger partial charge is 0.388 e. The third-order valence-electron chi connectivity index (χ3n) is 3.76. The predicted molar refractivity (Wildman–Crippen MR) is 93.8 cm³/mol. The Hall–Kier alpha value is -2.73. The number of aryl methyl sites for hydroxylation is 1. The fourth-order valence-corrected chi connectivity index (χ4v) is 2.44. The van der Waals surface area contributed by atoms with Gasteiger partial charge in [-0.05, 0) is 48.4 Å². The first-order valence-corrected chi connectivity index (χ1v) is 7.83. The molecule has 0 aliphatic heterocycles. The lowest BCUT2D eigenvalue weighted by atomic mass is 10.1. The SMILES string of the molecule is Cc1cc(NC(=O)CC(O)c2cccc(F)c2)ccc1C(=O)N(C)C. The van der Waals surface area contributed by atoms with Gasteiger partial charge in [0.2, 0.25) is 5.91 Å². The van der Waals surface area contributed by atoms with Gasteiger partial charge in [0.15, 0.2) is 0 Å². The van der Waals surface area contributed by atoms with Crippen LogP contribution in [0, 0.1) is 12.7 Å². The summed E-state index contributed by atoms with van der Waals surface area (Å²) < 4.78 is 13.2. The monoisotopic (exact) mass is 344 g/mol. The summed E-state index contributed by atoms with van der Waals surface area (Å²) in [6.45, 7) is 1.79. The Kier molecular flexibility index (Phi) is 5.88. The van der Waals surface area contributed by atoms with E-state index in [4.69, 9.17) is 0 Å². The fourth-order valence-electron chi connectivity index (χ4n) is 2.44. The third kappa shape index (κ3) is 4.87. The van der Waals surface area contributed by atoms with E-state index in [-0.39, 0.29) is 12.3 Å². The number of aliphatic hydroxyl groups is 1. The molecule has 0 heterocycles. The minimum Gasteiger partial charge on any atom is -0.388 e. The molecule has 0 aliphatic carbocycles. The lowest BCUT2D eigenvalue weighted by Crippen LogP contribution is -2.22. The minimum absolute atomic E-state index is 0.114. The first-order chi connectivity index (χ1) is 11.8. The van der Waals surface area contributed by atoms with Crippen LogP contribution in [-0.4, -0.2) is 35.9 Å². The van der Waals surface area contributed by atoms with Gasteiger partial charge in [-0.1, -0.05) is 12.1 Å². The molecule has 0 radical (unpaired) electrons. The van der Waals surface area contributed by atoms with Crippen LogP contribution in [0.25, 0.3) is 0 Å². The molecule has 2 amide bonds. The number of carbonyl (C=O) groups excluding carboxylic acids is 2. The second-order valence-electron chi connectivity index (χ2n) is 6.05. The summed E-state index contributed by atoms with van der Waals surface area (Å²) in [5, 5.41) is 12.7. The number of hydrogen-bond acceptors (Lipinski definition) is 3. The molecule has 132 valence electrons. The molecular weight excluding hydrogens is 323 g/mol. The molecule has 6 heteroatoms. The number of hydrogen-bond donors (Lipinski definition) is 2. The average molecular weight is 344 g/mol. The number of rotatable bonds is 5. The summed E-state index contributed by atoms with van der Waals surface area (Å²) in [6.07, 6.45) is -1.28. The van der Waals surface area contributed by atoms with Crippen molar-refractivity contribution in [2.24, 2.45) is 0 Å². The molecule has 2 rings (SSSR count). The van der Waals surface area contributed by atoms with Gasteiger partial charge in [0.05, 0.1) is 12.5 Å². The van der Waals surface area contributed by atoms with Crippen molar-refractivity contribution in [1.29, 1.82) is 0 Å². The number of amides is 2. The van der Waals surface area contributed by atoms with Gasteiger partial charge >= 0.3 is 0 Å². The zero-order valence-corrected chi connectivity index (χ0v) is 14.4. The van der Waals surface area contributed by atoms with Crippen molar-refractivity contribution in [3.8, 4) is 0 Å². The Morgan fingerprint density at radius 1 is 1.20 bits per heavy atom. The van der Waals surface area contributed by atoms with Crippen molar-refractivity contribution in [1.82, 2.24) is 4.90 Å². The van der Waals surface area contributed by atoms with Gasteiger partial charge in [0.1, 0.15) is 5.82 Å². The van der Waals surface area contributed by atoms with Crippen molar-refractivity contribution < 1.29 is 19.1 Å². The molecule has 25 heavy (non-hydrogen) atoms. The summed E-state index contributed by atoms with van der Waals surface area (Å²) in [6, 6.07) is 10.5. The molecule has 1 atom stereocenters. The summed E-state index contributed by atoms with van der Waals surface area (Å²) in [4.78, 5) is 25.6. The van der Waals surface area contributed by atoms with Crippen molar-refractivity contribution in [2.45, 2.75) is 19.4 Å². The lowest BCUT2D eigenvalue weighted by molar-refractivity contribution is -0.118. The van der Waals surface area contributed by atoms with E-state index in [1.54, 1.807) is 45.3 Å². The molecule has 0 aromatic heterocycles. The molecule has 0 saturated heterocycles. The lowest BCUT2D eigenvalue weighted by Gasteiger charge is -2.14. The molecule has 5 nitrogen and oxygen atoms in total. The number of carbonyl (C=O) groups is 2. The number of benzene rings is 2. The summed E-state index contributed by atoms with van der Waals surface area (Å²) in [5.41, 5.74) is 2.17. The van der Waals surface area contributed by atoms with E-state index < -0.39 is 17.8 Å². The number of anilines is 1. The zero-order chi connectivity index (χ0) is 18.6. The van der Waals surface area contributed by atoms with Crippen molar-refractivity contribution in [3.63, 3.8) is 0 Å². The molecule has 0 bridgehead atoms. The summed E-state index contributed by atoms with van der Waals surface area (Å²) in [7, 11) is 3.34. The van der Waals surface area contributed by atoms with Crippen LogP contribution in [0.15, 0.2) is 42.5 Å². The number of nitrogens with one attached hydrogen (secondary N) is 1. The van der Waals surface area contributed by atoms with Crippen molar-refractivity contribution in [2.75, 3.05) is 19.4 Å². The van der Waals surface area contributed by atoms with Gasteiger partial charge < -0.3 is 15.3 Å². The van der Waals surface area contributed by atoms with Crippen LogP contribution in [0.2, 0.25) is 0 Å². The second-order valence-corrected chi connectivity index (χ2v) is 6.05. The molecule has 0 spiro atoms. The van der Waals surface area contributed by atoms with Crippen LogP contribution in [-0.2, 0) is 4.79 Å². The van der Waals surface area contributed by atoms with E-state index >= 15 is 0 Å². The van der Waals surface area contributed by atoms with E-state index in [1.807, 2.05) is 0 Å². The van der Waals surface area contributed by atoms with Crippen LogP contribution in [0.1, 0.15) is 34.0 Å². The Balaban J connectivity index is 2.03. The Labute approximate surface area is 146 Å². The van der Waals surface area contributed by atoms with Gasteiger partial charge in [-0.2, -0.15) is 0 Å². The van der Waals surface area contributed by atoms with Crippen LogP contribution in [0.5, 0.6) is 0 Å². The Morgan fingerprint density at radius 2 is 1.92 bits per heavy atom. The van der Waals surface area contributed by atoms with Crippen LogP contribution in [0.3, 0.4) is 0 Å². The van der Waals surface area contributed by atoms with Gasteiger partial charge in [0, 0.05) is 25.3 Å². The first-order valence-electron chi connectivity index (χ1n) is 7.83. The highest BCUT2D eigenvalue weighted by Gasteiger charge is 2.15.